The molecule has 4 nitrogen and oxygen atoms in total. The van der Waals surface area contributed by atoms with E-state index in [2.05, 4.69) is 10.4 Å². The van der Waals surface area contributed by atoms with Gasteiger partial charge in [0.1, 0.15) is 11.6 Å². The average Bonchev–Trinajstić information content (AvgIpc) is 2.90. The van der Waals surface area contributed by atoms with E-state index in [0.29, 0.717) is 17.5 Å². The van der Waals surface area contributed by atoms with E-state index in [1.54, 1.807) is 18.3 Å². The first-order chi connectivity index (χ1) is 9.79. The molecule has 0 aliphatic carbocycles. The molecule has 1 atom stereocenters. The van der Waals surface area contributed by atoms with Gasteiger partial charge < -0.3 is 10.1 Å². The molecule has 0 radical (unpaired) electrons. The monoisotopic (exact) mass is 275 g/mol. The Labute approximate surface area is 117 Å². The van der Waals surface area contributed by atoms with Crippen molar-refractivity contribution in [2.24, 2.45) is 0 Å². The quantitative estimate of drug-likeness (QED) is 0.932. The minimum absolute atomic E-state index is 0.267. The molecular formula is C15H18FN3O. The molecule has 0 bridgehead atoms. The summed E-state index contributed by atoms with van der Waals surface area (Å²) in [7, 11) is 0. The Morgan fingerprint density at radius 3 is 2.85 bits per heavy atom. The van der Waals surface area contributed by atoms with Crippen molar-refractivity contribution in [3.63, 3.8) is 0 Å². The Bertz CT molecular complexity index is 547. The molecule has 20 heavy (non-hydrogen) atoms. The summed E-state index contributed by atoms with van der Waals surface area (Å²) in [6, 6.07) is 6.46. The number of nitrogens with one attached hydrogen (secondary N) is 1. The van der Waals surface area contributed by atoms with E-state index in [1.807, 2.05) is 10.9 Å². The Kier molecular flexibility index (Phi) is 3.97. The number of benzene rings is 1. The Balaban J connectivity index is 1.60. The lowest BCUT2D eigenvalue weighted by molar-refractivity contribution is 0.350. The normalized spacial score (nSPS) is 18.9. The number of piperidine rings is 1. The van der Waals surface area contributed by atoms with Gasteiger partial charge >= 0.3 is 0 Å². The van der Waals surface area contributed by atoms with E-state index < -0.39 is 0 Å². The van der Waals surface area contributed by atoms with E-state index >= 15 is 0 Å². The van der Waals surface area contributed by atoms with Gasteiger partial charge in [-0.1, -0.05) is 6.42 Å². The topological polar surface area (TPSA) is 39.1 Å². The summed E-state index contributed by atoms with van der Waals surface area (Å²) in [6.07, 6.45) is 7.28. The summed E-state index contributed by atoms with van der Waals surface area (Å²) in [4.78, 5) is 0. The van der Waals surface area contributed by atoms with E-state index in [4.69, 9.17) is 4.74 Å². The van der Waals surface area contributed by atoms with Crippen LogP contribution in [0.2, 0.25) is 0 Å². The molecule has 2 aromatic rings. The maximum absolute atomic E-state index is 12.8. The fourth-order valence-electron chi connectivity index (χ4n) is 2.44. The van der Waals surface area contributed by atoms with Gasteiger partial charge in [0, 0.05) is 6.04 Å². The van der Waals surface area contributed by atoms with Gasteiger partial charge in [-0.05, 0) is 43.7 Å². The van der Waals surface area contributed by atoms with E-state index in [9.17, 15) is 4.39 Å². The molecule has 1 fully saturated rings. The Morgan fingerprint density at radius 2 is 2.10 bits per heavy atom. The van der Waals surface area contributed by atoms with Crippen LogP contribution in [-0.2, 0) is 6.54 Å². The summed E-state index contributed by atoms with van der Waals surface area (Å²) >= 11 is 0. The van der Waals surface area contributed by atoms with Crippen LogP contribution in [0.25, 0.3) is 0 Å². The lowest BCUT2D eigenvalue weighted by Gasteiger charge is -2.23. The van der Waals surface area contributed by atoms with Crippen LogP contribution in [0.15, 0.2) is 36.7 Å². The third-order valence-corrected chi connectivity index (χ3v) is 3.48. The third-order valence-electron chi connectivity index (χ3n) is 3.48. The SMILES string of the molecule is Fc1ccc(Oc2cnn(CC3CCCCN3)c2)cc1. The molecule has 106 valence electrons. The van der Waals surface area contributed by atoms with Crippen molar-refractivity contribution in [2.75, 3.05) is 6.54 Å². The maximum Gasteiger partial charge on any atom is 0.165 e. The van der Waals surface area contributed by atoms with E-state index in [-0.39, 0.29) is 5.82 Å². The molecule has 5 heteroatoms. The van der Waals surface area contributed by atoms with Gasteiger partial charge in [-0.2, -0.15) is 5.10 Å². The van der Waals surface area contributed by atoms with E-state index in [0.717, 1.165) is 13.1 Å². The average molecular weight is 275 g/mol. The van der Waals surface area contributed by atoms with Crippen LogP contribution in [0.5, 0.6) is 11.5 Å². The van der Waals surface area contributed by atoms with Crippen LogP contribution in [-0.4, -0.2) is 22.4 Å². The minimum Gasteiger partial charge on any atom is -0.454 e. The molecule has 1 unspecified atom stereocenters. The first-order valence-corrected chi connectivity index (χ1v) is 6.99. The molecule has 2 heterocycles. The molecule has 3 rings (SSSR count). The first-order valence-electron chi connectivity index (χ1n) is 6.99. The Hall–Kier alpha value is -1.88. The van der Waals surface area contributed by atoms with Crippen LogP contribution < -0.4 is 10.1 Å². The fourth-order valence-corrected chi connectivity index (χ4v) is 2.44. The highest BCUT2D eigenvalue weighted by atomic mass is 19.1. The van der Waals surface area contributed by atoms with Crippen LogP contribution in [0, 0.1) is 5.82 Å². The number of hydrogen-bond acceptors (Lipinski definition) is 3. The highest BCUT2D eigenvalue weighted by Gasteiger charge is 2.13. The minimum atomic E-state index is -0.267. The van der Waals surface area contributed by atoms with Crippen molar-refractivity contribution in [1.29, 1.82) is 0 Å². The van der Waals surface area contributed by atoms with Gasteiger partial charge in [0.15, 0.2) is 5.75 Å². The van der Waals surface area contributed by atoms with Crippen molar-refractivity contribution in [3.05, 3.63) is 42.5 Å². The lowest BCUT2D eigenvalue weighted by atomic mass is 10.1. The predicted octanol–water partition coefficient (Wildman–Crippen LogP) is 2.96. The van der Waals surface area contributed by atoms with Gasteiger partial charge in [0.2, 0.25) is 0 Å². The molecule has 1 aliphatic heterocycles. The van der Waals surface area contributed by atoms with Gasteiger partial charge in [0.05, 0.1) is 18.9 Å². The van der Waals surface area contributed by atoms with Crippen molar-refractivity contribution in [1.82, 2.24) is 15.1 Å². The molecule has 1 aromatic carbocycles. The predicted molar refractivity (Wildman–Crippen MR) is 74.3 cm³/mol. The van der Waals surface area contributed by atoms with Crippen molar-refractivity contribution < 1.29 is 9.13 Å². The highest BCUT2D eigenvalue weighted by Crippen LogP contribution is 2.21. The van der Waals surface area contributed by atoms with Crippen LogP contribution in [0.3, 0.4) is 0 Å². The summed E-state index contributed by atoms with van der Waals surface area (Å²) in [5.74, 6) is 1.02. The summed E-state index contributed by atoms with van der Waals surface area (Å²) in [5.41, 5.74) is 0. The summed E-state index contributed by atoms with van der Waals surface area (Å²) in [5, 5.41) is 7.79. The van der Waals surface area contributed by atoms with Crippen molar-refractivity contribution >= 4 is 0 Å². The van der Waals surface area contributed by atoms with Gasteiger partial charge in [-0.25, -0.2) is 4.39 Å². The van der Waals surface area contributed by atoms with Crippen LogP contribution >= 0.6 is 0 Å². The number of hydrogen-bond donors (Lipinski definition) is 1. The molecule has 0 saturated carbocycles. The molecule has 1 aliphatic rings. The van der Waals surface area contributed by atoms with Gasteiger partial charge in [-0.15, -0.1) is 0 Å². The number of rotatable bonds is 4. The second kappa shape index (κ2) is 6.05. The largest absolute Gasteiger partial charge is 0.454 e. The third kappa shape index (κ3) is 3.36. The van der Waals surface area contributed by atoms with E-state index in [1.165, 1.54) is 31.4 Å². The standard InChI is InChI=1S/C15H18FN3O/c16-12-4-6-14(7-5-12)20-15-9-18-19(11-15)10-13-3-1-2-8-17-13/h4-7,9,11,13,17H,1-3,8,10H2. The second-order valence-corrected chi connectivity index (χ2v) is 5.10. The van der Waals surface area contributed by atoms with Crippen LogP contribution in [0.1, 0.15) is 19.3 Å². The fraction of sp³-hybridized carbons (Fsp3) is 0.400. The van der Waals surface area contributed by atoms with Crippen molar-refractivity contribution in [2.45, 2.75) is 31.8 Å². The number of nitrogens with zero attached hydrogens (tertiary/aromatic N) is 2. The zero-order valence-electron chi connectivity index (χ0n) is 11.3. The second-order valence-electron chi connectivity index (χ2n) is 5.10. The smallest absolute Gasteiger partial charge is 0.165 e. The zero-order valence-corrected chi connectivity index (χ0v) is 11.3. The van der Waals surface area contributed by atoms with Gasteiger partial charge in [0.25, 0.3) is 0 Å². The first kappa shape index (κ1) is 13.1. The molecule has 1 aromatic heterocycles. The highest BCUT2D eigenvalue weighted by molar-refractivity contribution is 5.28. The Morgan fingerprint density at radius 1 is 1.25 bits per heavy atom. The summed E-state index contributed by atoms with van der Waals surface area (Å²) in [6.45, 7) is 1.94. The zero-order chi connectivity index (χ0) is 13.8. The van der Waals surface area contributed by atoms with Crippen LogP contribution in [0.4, 0.5) is 4.39 Å². The molecule has 0 amide bonds. The number of ether oxygens (including phenoxy) is 1. The molecule has 1 saturated heterocycles. The van der Waals surface area contributed by atoms with Crippen molar-refractivity contribution in [3.8, 4) is 11.5 Å². The molecule has 1 N–H and O–H groups in total. The molecular weight excluding hydrogens is 257 g/mol. The molecule has 0 spiro atoms. The maximum atomic E-state index is 12.8. The number of aromatic nitrogens is 2. The lowest BCUT2D eigenvalue weighted by Crippen LogP contribution is -2.37. The number of halogens is 1. The van der Waals surface area contributed by atoms with Gasteiger partial charge in [-0.3, -0.25) is 4.68 Å². The summed E-state index contributed by atoms with van der Waals surface area (Å²) < 4.78 is 20.3.